The Morgan fingerprint density at radius 3 is 2.73 bits per heavy atom. The van der Waals surface area contributed by atoms with E-state index in [4.69, 9.17) is 21.1 Å². The fourth-order valence-electron chi connectivity index (χ4n) is 1.85. The number of hydrogen-bond donors (Lipinski definition) is 2. The molecule has 0 aliphatic carbocycles. The van der Waals surface area contributed by atoms with Gasteiger partial charge in [0.1, 0.15) is 5.75 Å². The van der Waals surface area contributed by atoms with Gasteiger partial charge in [-0.15, -0.1) is 0 Å². The molecule has 2 amide bonds. The van der Waals surface area contributed by atoms with Crippen molar-refractivity contribution in [3.8, 4) is 5.75 Å². The zero-order valence-corrected chi connectivity index (χ0v) is 16.1. The molecule has 26 heavy (non-hydrogen) atoms. The van der Waals surface area contributed by atoms with Crippen molar-refractivity contribution in [1.82, 2.24) is 10.7 Å². The third-order valence-corrected chi connectivity index (χ3v) is 3.30. The summed E-state index contributed by atoms with van der Waals surface area (Å²) >= 11 is 5.97. The Balaban J connectivity index is 2.46. The lowest BCUT2D eigenvalue weighted by molar-refractivity contribution is -0.139. The maximum absolute atomic E-state index is 11.7. The minimum Gasteiger partial charge on any atom is -0.493 e. The third kappa shape index (κ3) is 8.82. The van der Waals surface area contributed by atoms with Gasteiger partial charge in [-0.25, -0.2) is 5.43 Å². The van der Waals surface area contributed by atoms with Crippen molar-refractivity contribution in [2.45, 2.75) is 39.7 Å². The molecule has 7 nitrogen and oxygen atoms in total. The summed E-state index contributed by atoms with van der Waals surface area (Å²) in [6.07, 6.45) is 3.01. The number of halogens is 1. The van der Waals surface area contributed by atoms with Crippen LogP contribution in [0.1, 0.15) is 39.2 Å². The van der Waals surface area contributed by atoms with Crippen molar-refractivity contribution < 1.29 is 19.1 Å². The first-order valence-electron chi connectivity index (χ1n) is 8.59. The van der Waals surface area contributed by atoms with E-state index in [0.717, 1.165) is 6.42 Å². The fourth-order valence-corrected chi connectivity index (χ4v) is 2.03. The predicted octanol–water partition coefficient (Wildman–Crippen LogP) is 2.51. The normalized spacial score (nSPS) is 11.0. The Hall–Kier alpha value is -2.12. The van der Waals surface area contributed by atoms with Crippen LogP contribution >= 0.6 is 11.6 Å². The Bertz CT molecular complexity index is 620. The topological polar surface area (TPSA) is 89.0 Å². The number of hydrazone groups is 1. The van der Waals surface area contributed by atoms with Crippen LogP contribution < -0.4 is 15.5 Å². The van der Waals surface area contributed by atoms with E-state index in [1.165, 1.54) is 6.21 Å². The monoisotopic (exact) mass is 383 g/mol. The molecule has 0 atom stereocenters. The number of rotatable bonds is 10. The minimum absolute atomic E-state index is 0.140. The molecule has 0 aliphatic rings. The average Bonchev–Trinajstić information content (AvgIpc) is 2.60. The highest BCUT2D eigenvalue weighted by molar-refractivity contribution is 6.35. The first-order chi connectivity index (χ1) is 12.4. The first kappa shape index (κ1) is 21.9. The second-order valence-corrected chi connectivity index (χ2v) is 6.20. The molecule has 8 heteroatoms. The molecule has 0 aromatic heterocycles. The molecule has 0 spiro atoms. The summed E-state index contributed by atoms with van der Waals surface area (Å²) in [6, 6.07) is 5.10. The van der Waals surface area contributed by atoms with Gasteiger partial charge in [0.2, 0.25) is 0 Å². The number of carbonyl (C=O) groups is 2. The summed E-state index contributed by atoms with van der Waals surface area (Å²) < 4.78 is 10.9. The van der Waals surface area contributed by atoms with Crippen LogP contribution in [0.25, 0.3) is 0 Å². The van der Waals surface area contributed by atoms with Crippen molar-refractivity contribution >= 4 is 29.6 Å². The van der Waals surface area contributed by atoms with Crippen LogP contribution in [0.3, 0.4) is 0 Å². The van der Waals surface area contributed by atoms with Gasteiger partial charge in [-0.3, -0.25) is 9.59 Å². The van der Waals surface area contributed by atoms with E-state index in [1.807, 2.05) is 20.8 Å². The molecular weight excluding hydrogens is 358 g/mol. The van der Waals surface area contributed by atoms with Crippen LogP contribution in [0.5, 0.6) is 5.75 Å². The number of nitrogens with one attached hydrogen (secondary N) is 2. The van der Waals surface area contributed by atoms with Crippen LogP contribution in [-0.4, -0.2) is 43.9 Å². The fraction of sp³-hybridized carbons (Fsp3) is 0.500. The van der Waals surface area contributed by atoms with Gasteiger partial charge in [-0.1, -0.05) is 18.5 Å². The van der Waals surface area contributed by atoms with Gasteiger partial charge in [0.25, 0.3) is 0 Å². The van der Waals surface area contributed by atoms with Crippen LogP contribution in [0.2, 0.25) is 5.02 Å². The quantitative estimate of drug-likeness (QED) is 0.281. The van der Waals surface area contributed by atoms with Gasteiger partial charge in [0.15, 0.2) is 0 Å². The maximum Gasteiger partial charge on any atom is 0.329 e. The van der Waals surface area contributed by atoms with Gasteiger partial charge in [-0.05, 0) is 44.9 Å². The van der Waals surface area contributed by atoms with Crippen molar-refractivity contribution in [3.63, 3.8) is 0 Å². The average molecular weight is 384 g/mol. The first-order valence-corrected chi connectivity index (χ1v) is 8.97. The van der Waals surface area contributed by atoms with Gasteiger partial charge in [0, 0.05) is 23.7 Å². The molecule has 0 saturated heterocycles. The number of hydrogen-bond acceptors (Lipinski definition) is 5. The molecule has 2 N–H and O–H groups in total. The smallest absolute Gasteiger partial charge is 0.329 e. The van der Waals surface area contributed by atoms with Gasteiger partial charge in [0.05, 0.1) is 18.9 Å². The lowest BCUT2D eigenvalue weighted by Gasteiger charge is -2.08. The van der Waals surface area contributed by atoms with Crippen LogP contribution in [0, 0.1) is 0 Å². The third-order valence-electron chi connectivity index (χ3n) is 3.07. The number of amides is 2. The highest BCUT2D eigenvalue weighted by atomic mass is 35.5. The van der Waals surface area contributed by atoms with Gasteiger partial charge in [-0.2, -0.15) is 5.10 Å². The maximum atomic E-state index is 11.7. The molecule has 144 valence electrons. The van der Waals surface area contributed by atoms with E-state index in [2.05, 4.69) is 15.8 Å². The second kappa shape index (κ2) is 12.3. The number of benzene rings is 1. The van der Waals surface area contributed by atoms with Crippen LogP contribution in [-0.2, 0) is 14.3 Å². The molecule has 0 radical (unpaired) electrons. The van der Waals surface area contributed by atoms with Gasteiger partial charge >= 0.3 is 11.8 Å². The molecule has 0 heterocycles. The molecular formula is C18H26ClN3O4. The zero-order valence-electron chi connectivity index (χ0n) is 15.4. The van der Waals surface area contributed by atoms with Crippen molar-refractivity contribution in [2.75, 3.05) is 19.8 Å². The van der Waals surface area contributed by atoms with E-state index in [0.29, 0.717) is 42.5 Å². The Kier molecular flexibility index (Phi) is 10.3. The van der Waals surface area contributed by atoms with E-state index < -0.39 is 11.8 Å². The molecule has 1 aromatic rings. The minimum atomic E-state index is -0.843. The summed E-state index contributed by atoms with van der Waals surface area (Å²) in [5, 5.41) is 6.81. The van der Waals surface area contributed by atoms with Crippen LogP contribution in [0.4, 0.5) is 0 Å². The molecule has 0 aliphatic heterocycles. The number of carbonyl (C=O) groups excluding carboxylic acids is 2. The molecule has 0 saturated carbocycles. The largest absolute Gasteiger partial charge is 0.493 e. The standard InChI is InChI=1S/C18H26ClN3O4/c1-4-9-26-16-7-6-15(19)11-14(16)12-21-22-18(24)17(23)20-8-5-10-25-13(2)3/h6-7,11-13H,4-5,8-10H2,1-3H3,(H,20,23)(H,22,24)/b21-12-. The van der Waals surface area contributed by atoms with Crippen molar-refractivity contribution in [2.24, 2.45) is 5.10 Å². The summed E-state index contributed by atoms with van der Waals surface area (Å²) in [6.45, 7) is 7.29. The lowest BCUT2D eigenvalue weighted by atomic mass is 10.2. The Morgan fingerprint density at radius 1 is 1.27 bits per heavy atom. The van der Waals surface area contributed by atoms with E-state index in [1.54, 1.807) is 18.2 Å². The van der Waals surface area contributed by atoms with Gasteiger partial charge < -0.3 is 14.8 Å². The summed E-state index contributed by atoms with van der Waals surface area (Å²) in [7, 11) is 0. The van der Waals surface area contributed by atoms with E-state index in [-0.39, 0.29) is 6.10 Å². The number of ether oxygens (including phenoxy) is 2. The Labute approximate surface area is 159 Å². The van der Waals surface area contributed by atoms with Crippen molar-refractivity contribution in [3.05, 3.63) is 28.8 Å². The Morgan fingerprint density at radius 2 is 2.04 bits per heavy atom. The molecule has 1 rings (SSSR count). The zero-order chi connectivity index (χ0) is 19.4. The predicted molar refractivity (Wildman–Crippen MR) is 102 cm³/mol. The number of nitrogens with zero attached hydrogens (tertiary/aromatic N) is 1. The summed E-state index contributed by atoms with van der Waals surface area (Å²) in [5.41, 5.74) is 2.79. The molecule has 0 fully saturated rings. The summed E-state index contributed by atoms with van der Waals surface area (Å²) in [5.74, 6) is -0.992. The van der Waals surface area contributed by atoms with E-state index in [9.17, 15) is 9.59 Å². The molecule has 0 unspecified atom stereocenters. The summed E-state index contributed by atoms with van der Waals surface area (Å²) in [4.78, 5) is 23.4. The highest BCUT2D eigenvalue weighted by Gasteiger charge is 2.11. The van der Waals surface area contributed by atoms with Crippen LogP contribution in [0.15, 0.2) is 23.3 Å². The molecule has 1 aromatic carbocycles. The SMILES string of the molecule is CCCOc1ccc(Cl)cc1/C=N\NC(=O)C(=O)NCCCOC(C)C. The highest BCUT2D eigenvalue weighted by Crippen LogP contribution is 2.21. The molecule has 0 bridgehead atoms. The van der Waals surface area contributed by atoms with E-state index >= 15 is 0 Å². The lowest BCUT2D eigenvalue weighted by Crippen LogP contribution is -2.38. The second-order valence-electron chi connectivity index (χ2n) is 5.76. The van der Waals surface area contributed by atoms with Crippen molar-refractivity contribution in [1.29, 1.82) is 0 Å².